The van der Waals surface area contributed by atoms with Gasteiger partial charge < -0.3 is 10.1 Å². The fraction of sp³-hybridized carbons (Fsp3) is 0.391. The van der Waals surface area contributed by atoms with Crippen molar-refractivity contribution in [3.05, 3.63) is 65.5 Å². The molecule has 1 saturated heterocycles. The number of hydrogen-bond acceptors (Lipinski definition) is 4. The van der Waals surface area contributed by atoms with Crippen molar-refractivity contribution in [2.24, 2.45) is 5.92 Å². The van der Waals surface area contributed by atoms with Crippen LogP contribution in [0.2, 0.25) is 0 Å². The highest BCUT2D eigenvalue weighted by Crippen LogP contribution is 2.23. The first-order valence-corrected chi connectivity index (χ1v) is 9.99. The molecule has 0 saturated carbocycles. The van der Waals surface area contributed by atoms with Gasteiger partial charge in [-0.3, -0.25) is 9.69 Å². The molecule has 1 amide bonds. The quantitative estimate of drug-likeness (QED) is 0.709. The normalized spacial score (nSPS) is 17.0. The number of amides is 1. The molecule has 2 aromatic carbocycles. The van der Waals surface area contributed by atoms with Crippen molar-refractivity contribution in [2.45, 2.75) is 32.2 Å². The number of halogens is 1. The molecule has 1 atom stereocenters. The second-order valence-electron chi connectivity index (χ2n) is 7.50. The highest BCUT2D eigenvalue weighted by Gasteiger charge is 2.21. The van der Waals surface area contributed by atoms with E-state index in [1.807, 2.05) is 12.1 Å². The molecule has 0 unspecified atom stereocenters. The monoisotopic (exact) mass is 398 g/mol. The number of piperidine rings is 1. The second kappa shape index (κ2) is 10.2. The van der Waals surface area contributed by atoms with Gasteiger partial charge in [0.2, 0.25) is 5.91 Å². The van der Waals surface area contributed by atoms with E-state index in [2.05, 4.69) is 10.2 Å². The number of ether oxygens (including phenoxy) is 1. The van der Waals surface area contributed by atoms with E-state index in [-0.39, 0.29) is 17.6 Å². The average molecular weight is 398 g/mol. The number of carbonyl (C=O) groups is 2. The van der Waals surface area contributed by atoms with Crippen molar-refractivity contribution in [1.82, 2.24) is 4.90 Å². The van der Waals surface area contributed by atoms with Gasteiger partial charge >= 0.3 is 5.97 Å². The third kappa shape index (κ3) is 6.12. The SMILES string of the molecule is COC(=O)c1ccc(CN2CCC[C@@H](CCC(=O)Nc3ccccc3F)C2)cc1. The Balaban J connectivity index is 1.46. The second-order valence-corrected chi connectivity index (χ2v) is 7.50. The van der Waals surface area contributed by atoms with Gasteiger partial charge in [0.25, 0.3) is 0 Å². The van der Waals surface area contributed by atoms with E-state index in [1.54, 1.807) is 30.3 Å². The maximum Gasteiger partial charge on any atom is 0.337 e. The molecule has 154 valence electrons. The van der Waals surface area contributed by atoms with Gasteiger partial charge in [0, 0.05) is 19.5 Å². The summed E-state index contributed by atoms with van der Waals surface area (Å²) in [5, 5.41) is 2.65. The number of esters is 1. The molecule has 0 spiro atoms. The van der Waals surface area contributed by atoms with E-state index in [9.17, 15) is 14.0 Å². The standard InChI is InChI=1S/C23H27FN2O3/c1-29-23(28)19-11-8-18(9-12-19)16-26-14-4-5-17(15-26)10-13-22(27)25-21-7-3-2-6-20(21)24/h2-3,6-9,11-12,17H,4-5,10,13-16H2,1H3,(H,25,27)/t17-/m0/s1. The number of rotatable bonds is 7. The Morgan fingerprint density at radius 1 is 1.17 bits per heavy atom. The zero-order chi connectivity index (χ0) is 20.6. The summed E-state index contributed by atoms with van der Waals surface area (Å²) in [6, 6.07) is 13.7. The van der Waals surface area contributed by atoms with E-state index in [1.165, 1.54) is 13.2 Å². The van der Waals surface area contributed by atoms with Crippen LogP contribution in [0.5, 0.6) is 0 Å². The van der Waals surface area contributed by atoms with E-state index in [4.69, 9.17) is 4.74 Å². The Bertz CT molecular complexity index is 838. The predicted octanol–water partition coefficient (Wildman–Crippen LogP) is 4.24. The summed E-state index contributed by atoms with van der Waals surface area (Å²) in [6.07, 6.45) is 3.38. The van der Waals surface area contributed by atoms with Crippen LogP contribution in [-0.2, 0) is 16.1 Å². The zero-order valence-corrected chi connectivity index (χ0v) is 16.7. The molecule has 1 aliphatic rings. The molecule has 1 heterocycles. The Morgan fingerprint density at radius 3 is 2.66 bits per heavy atom. The summed E-state index contributed by atoms with van der Waals surface area (Å²) in [6.45, 7) is 2.78. The number of nitrogens with zero attached hydrogens (tertiary/aromatic N) is 1. The summed E-state index contributed by atoms with van der Waals surface area (Å²) >= 11 is 0. The number of anilines is 1. The predicted molar refractivity (Wildman–Crippen MR) is 110 cm³/mol. The lowest BCUT2D eigenvalue weighted by atomic mass is 9.93. The number of likely N-dealkylation sites (tertiary alicyclic amines) is 1. The number of nitrogens with one attached hydrogen (secondary N) is 1. The number of hydrogen-bond donors (Lipinski definition) is 1. The summed E-state index contributed by atoms with van der Waals surface area (Å²) in [7, 11) is 1.38. The van der Waals surface area contributed by atoms with Crippen molar-refractivity contribution in [3.8, 4) is 0 Å². The Kier molecular flexibility index (Phi) is 7.36. The fourth-order valence-electron chi connectivity index (χ4n) is 3.76. The smallest absolute Gasteiger partial charge is 0.337 e. The maximum absolute atomic E-state index is 13.6. The van der Waals surface area contributed by atoms with Gasteiger partial charge in [0.15, 0.2) is 0 Å². The molecule has 1 aliphatic heterocycles. The molecule has 5 nitrogen and oxygen atoms in total. The molecule has 3 rings (SSSR count). The molecular formula is C23H27FN2O3. The van der Waals surface area contributed by atoms with Crippen LogP contribution in [-0.4, -0.2) is 37.0 Å². The molecule has 2 aromatic rings. The van der Waals surface area contributed by atoms with Gasteiger partial charge in [-0.05, 0) is 61.6 Å². The summed E-state index contributed by atoms with van der Waals surface area (Å²) in [5.41, 5.74) is 1.93. The van der Waals surface area contributed by atoms with Crippen LogP contribution < -0.4 is 5.32 Å². The summed E-state index contributed by atoms with van der Waals surface area (Å²) < 4.78 is 18.4. The molecule has 0 bridgehead atoms. The highest BCUT2D eigenvalue weighted by molar-refractivity contribution is 5.90. The summed E-state index contributed by atoms with van der Waals surface area (Å²) in [4.78, 5) is 26.1. The van der Waals surface area contributed by atoms with Crippen molar-refractivity contribution < 1.29 is 18.7 Å². The van der Waals surface area contributed by atoms with Gasteiger partial charge in [-0.2, -0.15) is 0 Å². The summed E-state index contributed by atoms with van der Waals surface area (Å²) in [5.74, 6) is -0.443. The van der Waals surface area contributed by atoms with Gasteiger partial charge in [-0.25, -0.2) is 9.18 Å². The van der Waals surface area contributed by atoms with Crippen LogP contribution in [0.4, 0.5) is 10.1 Å². The maximum atomic E-state index is 13.6. The Hall–Kier alpha value is -2.73. The first-order chi connectivity index (χ1) is 14.0. The fourth-order valence-corrected chi connectivity index (χ4v) is 3.76. The van der Waals surface area contributed by atoms with Crippen LogP contribution in [0, 0.1) is 11.7 Å². The highest BCUT2D eigenvalue weighted by atomic mass is 19.1. The number of benzene rings is 2. The van der Waals surface area contributed by atoms with Crippen LogP contribution in [0.3, 0.4) is 0 Å². The van der Waals surface area contributed by atoms with Crippen molar-refractivity contribution in [3.63, 3.8) is 0 Å². The third-order valence-corrected chi connectivity index (χ3v) is 5.31. The molecule has 0 radical (unpaired) electrons. The van der Waals surface area contributed by atoms with Crippen LogP contribution in [0.15, 0.2) is 48.5 Å². The van der Waals surface area contributed by atoms with Crippen molar-refractivity contribution >= 4 is 17.6 Å². The number of methoxy groups -OCH3 is 1. The van der Waals surface area contributed by atoms with Crippen LogP contribution in [0.25, 0.3) is 0 Å². The average Bonchev–Trinajstić information content (AvgIpc) is 2.74. The third-order valence-electron chi connectivity index (χ3n) is 5.31. The molecule has 1 N–H and O–H groups in total. The molecule has 6 heteroatoms. The minimum Gasteiger partial charge on any atom is -0.465 e. The largest absolute Gasteiger partial charge is 0.465 e. The van der Waals surface area contributed by atoms with Gasteiger partial charge in [-0.1, -0.05) is 24.3 Å². The lowest BCUT2D eigenvalue weighted by molar-refractivity contribution is -0.116. The van der Waals surface area contributed by atoms with Crippen molar-refractivity contribution in [1.29, 1.82) is 0 Å². The van der Waals surface area contributed by atoms with Gasteiger partial charge in [-0.15, -0.1) is 0 Å². The minimum absolute atomic E-state index is 0.148. The zero-order valence-electron chi connectivity index (χ0n) is 16.7. The first-order valence-electron chi connectivity index (χ1n) is 9.99. The lowest BCUT2D eigenvalue weighted by Crippen LogP contribution is -2.35. The van der Waals surface area contributed by atoms with Crippen LogP contribution in [0.1, 0.15) is 41.6 Å². The van der Waals surface area contributed by atoms with E-state index in [0.29, 0.717) is 17.9 Å². The molecule has 1 fully saturated rings. The van der Waals surface area contributed by atoms with E-state index in [0.717, 1.165) is 44.5 Å². The molecule has 29 heavy (non-hydrogen) atoms. The van der Waals surface area contributed by atoms with Crippen LogP contribution >= 0.6 is 0 Å². The molecule has 0 aromatic heterocycles. The molecular weight excluding hydrogens is 371 g/mol. The minimum atomic E-state index is -0.414. The lowest BCUT2D eigenvalue weighted by Gasteiger charge is -2.32. The van der Waals surface area contributed by atoms with Crippen molar-refractivity contribution in [2.75, 3.05) is 25.5 Å². The Morgan fingerprint density at radius 2 is 1.93 bits per heavy atom. The Labute approximate surface area is 170 Å². The van der Waals surface area contributed by atoms with E-state index < -0.39 is 5.82 Å². The number of para-hydroxylation sites is 1. The number of carbonyl (C=O) groups excluding carboxylic acids is 2. The first kappa shape index (κ1) is 21.0. The topological polar surface area (TPSA) is 58.6 Å². The van der Waals surface area contributed by atoms with E-state index >= 15 is 0 Å². The van der Waals surface area contributed by atoms with Gasteiger partial charge in [0.1, 0.15) is 5.82 Å². The molecule has 0 aliphatic carbocycles. The van der Waals surface area contributed by atoms with Gasteiger partial charge in [0.05, 0.1) is 18.4 Å².